The highest BCUT2D eigenvalue weighted by molar-refractivity contribution is 6.00. The Balaban J connectivity index is 2.06. The summed E-state index contributed by atoms with van der Waals surface area (Å²) in [6.45, 7) is 9.76. The maximum Gasteiger partial charge on any atom is 0.0868 e. The average molecular weight is 381 g/mol. The summed E-state index contributed by atoms with van der Waals surface area (Å²) < 4.78 is 0. The van der Waals surface area contributed by atoms with Gasteiger partial charge in [-0.05, 0) is 125 Å². The van der Waals surface area contributed by atoms with Gasteiger partial charge in [0.05, 0.1) is 5.71 Å². The highest BCUT2D eigenvalue weighted by Crippen LogP contribution is 2.22. The standard InChI is InChI=1S/C25H36N2O/c1-18-12-15-23(17-20(18)3)25(26-28)11-7-9-22-14-13-19(2)21(4)24(22)10-8-16-27(5)6/h12-15,17,28H,7-11,16H2,1-6H3. The lowest BCUT2D eigenvalue weighted by Crippen LogP contribution is -2.14. The van der Waals surface area contributed by atoms with Crippen LogP contribution in [0.15, 0.2) is 35.5 Å². The fourth-order valence-corrected chi connectivity index (χ4v) is 3.70. The number of nitrogens with zero attached hydrogens (tertiary/aromatic N) is 2. The average Bonchev–Trinajstić information content (AvgIpc) is 2.66. The van der Waals surface area contributed by atoms with Crippen LogP contribution in [0.4, 0.5) is 0 Å². The van der Waals surface area contributed by atoms with Gasteiger partial charge < -0.3 is 10.1 Å². The van der Waals surface area contributed by atoms with Gasteiger partial charge in [0.25, 0.3) is 0 Å². The van der Waals surface area contributed by atoms with Crippen LogP contribution in [0.2, 0.25) is 0 Å². The van der Waals surface area contributed by atoms with Gasteiger partial charge in [-0.15, -0.1) is 0 Å². The van der Waals surface area contributed by atoms with Gasteiger partial charge in [0.15, 0.2) is 0 Å². The molecule has 0 atom stereocenters. The van der Waals surface area contributed by atoms with Gasteiger partial charge >= 0.3 is 0 Å². The first-order chi connectivity index (χ1) is 13.3. The Morgan fingerprint density at radius 3 is 2.25 bits per heavy atom. The molecule has 0 bridgehead atoms. The molecule has 2 aromatic carbocycles. The first-order valence-electron chi connectivity index (χ1n) is 10.3. The van der Waals surface area contributed by atoms with Gasteiger partial charge in [0.2, 0.25) is 0 Å². The van der Waals surface area contributed by atoms with Crippen molar-refractivity contribution < 1.29 is 5.21 Å². The third-order valence-electron chi connectivity index (χ3n) is 5.82. The Hall–Kier alpha value is -2.13. The van der Waals surface area contributed by atoms with Crippen molar-refractivity contribution in [2.24, 2.45) is 5.16 Å². The van der Waals surface area contributed by atoms with Crippen molar-refractivity contribution in [3.63, 3.8) is 0 Å². The van der Waals surface area contributed by atoms with Crippen LogP contribution in [-0.2, 0) is 12.8 Å². The summed E-state index contributed by atoms with van der Waals surface area (Å²) in [7, 11) is 4.26. The van der Waals surface area contributed by atoms with Gasteiger partial charge in [-0.1, -0.05) is 29.4 Å². The molecule has 0 aliphatic carbocycles. The minimum absolute atomic E-state index is 0.779. The number of hydrogen-bond acceptors (Lipinski definition) is 3. The van der Waals surface area contributed by atoms with Crippen LogP contribution in [0.1, 0.15) is 58.2 Å². The van der Waals surface area contributed by atoms with Gasteiger partial charge in [-0.2, -0.15) is 0 Å². The number of aryl methyl sites for hydroxylation is 4. The van der Waals surface area contributed by atoms with Crippen molar-refractivity contribution in [3.8, 4) is 0 Å². The molecular weight excluding hydrogens is 344 g/mol. The van der Waals surface area contributed by atoms with Crippen LogP contribution in [0, 0.1) is 27.7 Å². The fraction of sp³-hybridized carbons (Fsp3) is 0.480. The maximum absolute atomic E-state index is 9.52. The predicted molar refractivity (Wildman–Crippen MR) is 120 cm³/mol. The second kappa shape index (κ2) is 10.4. The summed E-state index contributed by atoms with van der Waals surface area (Å²) in [4.78, 5) is 2.25. The molecule has 2 aromatic rings. The van der Waals surface area contributed by atoms with Gasteiger partial charge in [0, 0.05) is 0 Å². The summed E-state index contributed by atoms with van der Waals surface area (Å²) in [5.41, 5.74) is 10.1. The highest BCUT2D eigenvalue weighted by Gasteiger charge is 2.11. The van der Waals surface area contributed by atoms with E-state index in [1.807, 2.05) is 0 Å². The minimum atomic E-state index is 0.779. The molecule has 0 saturated carbocycles. The van der Waals surface area contributed by atoms with Crippen LogP contribution in [-0.4, -0.2) is 36.5 Å². The molecule has 0 aliphatic rings. The molecule has 0 amide bonds. The first kappa shape index (κ1) is 22.2. The largest absolute Gasteiger partial charge is 0.411 e. The Morgan fingerprint density at radius 1 is 0.893 bits per heavy atom. The van der Waals surface area contributed by atoms with E-state index in [1.54, 1.807) is 0 Å². The van der Waals surface area contributed by atoms with Crippen LogP contribution < -0.4 is 0 Å². The van der Waals surface area contributed by atoms with E-state index in [1.165, 1.54) is 39.8 Å². The molecule has 3 heteroatoms. The van der Waals surface area contributed by atoms with E-state index in [9.17, 15) is 5.21 Å². The Morgan fingerprint density at radius 2 is 1.61 bits per heavy atom. The van der Waals surface area contributed by atoms with Crippen molar-refractivity contribution in [1.29, 1.82) is 0 Å². The topological polar surface area (TPSA) is 35.8 Å². The number of hydrogen-bond donors (Lipinski definition) is 1. The minimum Gasteiger partial charge on any atom is -0.411 e. The lowest BCUT2D eigenvalue weighted by Gasteiger charge is -2.17. The zero-order valence-corrected chi connectivity index (χ0v) is 18.5. The molecule has 0 unspecified atom stereocenters. The van der Waals surface area contributed by atoms with E-state index in [2.05, 4.69) is 82.2 Å². The van der Waals surface area contributed by atoms with Gasteiger partial charge in [-0.25, -0.2) is 0 Å². The normalized spacial score (nSPS) is 12.0. The Bertz CT molecular complexity index is 822. The van der Waals surface area contributed by atoms with Gasteiger partial charge in [0.1, 0.15) is 0 Å². The fourth-order valence-electron chi connectivity index (χ4n) is 3.70. The van der Waals surface area contributed by atoms with E-state index in [-0.39, 0.29) is 0 Å². The summed E-state index contributed by atoms with van der Waals surface area (Å²) in [6, 6.07) is 10.8. The van der Waals surface area contributed by atoms with E-state index >= 15 is 0 Å². The van der Waals surface area contributed by atoms with E-state index < -0.39 is 0 Å². The quantitative estimate of drug-likeness (QED) is 0.348. The summed E-state index contributed by atoms with van der Waals surface area (Å²) in [5.74, 6) is 0. The zero-order valence-electron chi connectivity index (χ0n) is 18.5. The first-order valence-corrected chi connectivity index (χ1v) is 10.3. The number of benzene rings is 2. The van der Waals surface area contributed by atoms with Crippen molar-refractivity contribution in [1.82, 2.24) is 4.90 Å². The molecule has 152 valence electrons. The molecule has 0 radical (unpaired) electrons. The summed E-state index contributed by atoms with van der Waals surface area (Å²) >= 11 is 0. The van der Waals surface area contributed by atoms with Crippen LogP contribution in [0.5, 0.6) is 0 Å². The monoisotopic (exact) mass is 380 g/mol. The van der Waals surface area contributed by atoms with Crippen molar-refractivity contribution >= 4 is 5.71 Å². The zero-order chi connectivity index (χ0) is 20.7. The molecule has 3 nitrogen and oxygen atoms in total. The second-order valence-electron chi connectivity index (χ2n) is 8.25. The predicted octanol–water partition coefficient (Wildman–Crippen LogP) is 5.62. The summed E-state index contributed by atoms with van der Waals surface area (Å²) in [6.07, 6.45) is 5.08. The number of rotatable bonds is 9. The third kappa shape index (κ3) is 5.93. The number of oxime groups is 1. The molecule has 1 N–H and O–H groups in total. The van der Waals surface area contributed by atoms with Crippen molar-refractivity contribution in [2.75, 3.05) is 20.6 Å². The third-order valence-corrected chi connectivity index (χ3v) is 5.82. The molecular formula is C25H36N2O. The second-order valence-corrected chi connectivity index (χ2v) is 8.25. The van der Waals surface area contributed by atoms with E-state index in [4.69, 9.17) is 0 Å². The molecule has 0 spiro atoms. The van der Waals surface area contributed by atoms with Crippen molar-refractivity contribution in [3.05, 3.63) is 69.3 Å². The molecule has 0 aromatic heterocycles. The lowest BCUT2D eigenvalue weighted by molar-refractivity contribution is 0.318. The molecule has 0 fully saturated rings. The lowest BCUT2D eigenvalue weighted by atomic mass is 9.91. The molecule has 2 rings (SSSR count). The van der Waals surface area contributed by atoms with E-state index in [0.717, 1.165) is 43.5 Å². The van der Waals surface area contributed by atoms with Crippen molar-refractivity contribution in [2.45, 2.75) is 59.8 Å². The smallest absolute Gasteiger partial charge is 0.0868 e. The Labute approximate surface area is 171 Å². The molecule has 0 heterocycles. The molecule has 0 aliphatic heterocycles. The summed E-state index contributed by atoms with van der Waals surface area (Å²) in [5, 5.41) is 13.1. The van der Waals surface area contributed by atoms with Crippen LogP contribution in [0.25, 0.3) is 0 Å². The van der Waals surface area contributed by atoms with Crippen LogP contribution in [0.3, 0.4) is 0 Å². The van der Waals surface area contributed by atoms with Gasteiger partial charge in [-0.3, -0.25) is 0 Å². The maximum atomic E-state index is 9.52. The molecule has 28 heavy (non-hydrogen) atoms. The van der Waals surface area contributed by atoms with Crippen LogP contribution >= 0.6 is 0 Å². The highest BCUT2D eigenvalue weighted by atomic mass is 16.4. The van der Waals surface area contributed by atoms with E-state index in [0.29, 0.717) is 0 Å². The molecule has 0 saturated heterocycles. The Kier molecular flexibility index (Phi) is 8.25. The SMILES string of the molecule is Cc1ccc(C(CCCc2ccc(C)c(C)c2CCCN(C)C)=NO)cc1C.